The Morgan fingerprint density at radius 2 is 1.95 bits per heavy atom. The number of ether oxygens (including phenoxy) is 2. The molecule has 22 heavy (non-hydrogen) atoms. The van der Waals surface area contributed by atoms with Gasteiger partial charge in [-0.25, -0.2) is 4.79 Å². The smallest absolute Gasteiger partial charge is 0.347 e. The molecule has 0 spiro atoms. The average Bonchev–Trinajstić information content (AvgIpc) is 2.46. The summed E-state index contributed by atoms with van der Waals surface area (Å²) >= 11 is 5.91. The highest BCUT2D eigenvalue weighted by molar-refractivity contribution is 6.30. The molecule has 0 aliphatic carbocycles. The van der Waals surface area contributed by atoms with E-state index in [4.69, 9.17) is 21.1 Å². The lowest BCUT2D eigenvalue weighted by Gasteiger charge is -2.19. The molecule has 0 radical (unpaired) electrons. The monoisotopic (exact) mass is 326 g/mol. The van der Waals surface area contributed by atoms with Crippen LogP contribution in [0, 0.1) is 6.92 Å². The zero-order chi connectivity index (χ0) is 16.5. The van der Waals surface area contributed by atoms with Gasteiger partial charge in [0.25, 0.3) is 0 Å². The summed E-state index contributed by atoms with van der Waals surface area (Å²) in [5.41, 5.74) is 0.903. The molecule has 0 saturated carbocycles. The van der Waals surface area contributed by atoms with Crippen molar-refractivity contribution < 1.29 is 14.3 Å². The molecule has 0 heterocycles. The summed E-state index contributed by atoms with van der Waals surface area (Å²) in [7, 11) is 0. The second-order valence-electron chi connectivity index (χ2n) is 5.77. The lowest BCUT2D eigenvalue weighted by molar-refractivity contribution is -0.156. The summed E-state index contributed by atoms with van der Waals surface area (Å²) in [5.74, 6) is 0.335. The maximum absolute atomic E-state index is 12.1. The number of benzene rings is 1. The number of carbonyl (C=O) groups is 1. The maximum Gasteiger partial charge on any atom is 0.347 e. The predicted molar refractivity (Wildman–Crippen MR) is 90.6 cm³/mol. The summed E-state index contributed by atoms with van der Waals surface area (Å²) in [6.45, 7) is 7.72. The van der Waals surface area contributed by atoms with Crippen LogP contribution in [0.25, 0.3) is 0 Å². The van der Waals surface area contributed by atoms with E-state index in [-0.39, 0.29) is 12.1 Å². The van der Waals surface area contributed by atoms with Crippen LogP contribution >= 0.6 is 11.6 Å². The molecular weight excluding hydrogens is 300 g/mol. The van der Waals surface area contributed by atoms with E-state index >= 15 is 0 Å². The van der Waals surface area contributed by atoms with Crippen molar-refractivity contribution >= 4 is 17.6 Å². The molecule has 4 heteroatoms. The zero-order valence-corrected chi connectivity index (χ0v) is 14.8. The van der Waals surface area contributed by atoms with Crippen molar-refractivity contribution in [3.8, 4) is 5.75 Å². The second kappa shape index (κ2) is 9.73. The van der Waals surface area contributed by atoms with E-state index in [1.807, 2.05) is 19.9 Å². The number of hydrogen-bond donors (Lipinski definition) is 0. The van der Waals surface area contributed by atoms with Gasteiger partial charge in [-0.3, -0.25) is 0 Å². The van der Waals surface area contributed by atoms with Crippen molar-refractivity contribution in [2.24, 2.45) is 0 Å². The van der Waals surface area contributed by atoms with E-state index in [9.17, 15) is 4.79 Å². The summed E-state index contributed by atoms with van der Waals surface area (Å²) in [6.07, 6.45) is 4.93. The molecule has 0 unspecified atom stereocenters. The molecule has 3 nitrogen and oxygen atoms in total. The third-order valence-corrected chi connectivity index (χ3v) is 3.79. The van der Waals surface area contributed by atoms with Gasteiger partial charge in [0.2, 0.25) is 0 Å². The van der Waals surface area contributed by atoms with Crippen molar-refractivity contribution in [1.29, 1.82) is 0 Å². The Morgan fingerprint density at radius 1 is 1.23 bits per heavy atom. The predicted octanol–water partition coefficient (Wildman–Crippen LogP) is 5.32. The molecule has 0 saturated heterocycles. The van der Waals surface area contributed by atoms with Crippen LogP contribution in [-0.4, -0.2) is 18.2 Å². The van der Waals surface area contributed by atoms with Gasteiger partial charge in [-0.15, -0.1) is 0 Å². The highest BCUT2D eigenvalue weighted by Crippen LogP contribution is 2.23. The van der Waals surface area contributed by atoms with Gasteiger partial charge in [-0.1, -0.05) is 37.8 Å². The molecule has 0 aliphatic heterocycles. The minimum atomic E-state index is -0.627. The molecule has 0 amide bonds. The van der Waals surface area contributed by atoms with Crippen LogP contribution in [0.4, 0.5) is 0 Å². The van der Waals surface area contributed by atoms with Crippen LogP contribution < -0.4 is 4.74 Å². The first-order valence-electron chi connectivity index (χ1n) is 8.07. The SMILES string of the molecule is CCCCCC[C@H](C)OC(=O)[C@H](C)Oc1ccc(Cl)cc1C. The fourth-order valence-corrected chi connectivity index (χ4v) is 2.42. The van der Waals surface area contributed by atoms with E-state index in [0.29, 0.717) is 10.8 Å². The van der Waals surface area contributed by atoms with E-state index in [2.05, 4.69) is 6.92 Å². The summed E-state index contributed by atoms with van der Waals surface area (Å²) in [5, 5.41) is 0.654. The highest BCUT2D eigenvalue weighted by atomic mass is 35.5. The molecule has 0 aliphatic rings. The lowest BCUT2D eigenvalue weighted by Crippen LogP contribution is -2.29. The number of rotatable bonds is 9. The van der Waals surface area contributed by atoms with Gasteiger partial charge in [0, 0.05) is 5.02 Å². The molecule has 0 aromatic heterocycles. The average molecular weight is 327 g/mol. The Morgan fingerprint density at radius 3 is 2.59 bits per heavy atom. The van der Waals surface area contributed by atoms with Gasteiger partial charge in [0.05, 0.1) is 6.10 Å². The standard InChI is InChI=1S/C18H27ClO3/c1-5-6-7-8-9-14(3)21-18(20)15(4)22-17-11-10-16(19)12-13(17)2/h10-12,14-15H,5-9H2,1-4H3/t14-,15-/m0/s1. The third-order valence-electron chi connectivity index (χ3n) is 3.55. The number of unbranched alkanes of at least 4 members (excludes halogenated alkanes) is 3. The molecule has 1 aromatic carbocycles. The second-order valence-corrected chi connectivity index (χ2v) is 6.20. The topological polar surface area (TPSA) is 35.5 Å². The van der Waals surface area contributed by atoms with Crippen molar-refractivity contribution in [3.05, 3.63) is 28.8 Å². The summed E-state index contributed by atoms with van der Waals surface area (Å²) in [4.78, 5) is 12.1. The van der Waals surface area contributed by atoms with Gasteiger partial charge >= 0.3 is 5.97 Å². The van der Waals surface area contributed by atoms with Gasteiger partial charge in [-0.2, -0.15) is 0 Å². The normalized spacial score (nSPS) is 13.5. The first-order valence-corrected chi connectivity index (χ1v) is 8.45. The molecule has 0 bridgehead atoms. The number of halogens is 1. The lowest BCUT2D eigenvalue weighted by atomic mass is 10.1. The molecule has 0 fully saturated rings. The van der Waals surface area contributed by atoms with Gasteiger partial charge in [0.15, 0.2) is 6.10 Å². The molecule has 0 N–H and O–H groups in total. The first kappa shape index (κ1) is 18.8. The fourth-order valence-electron chi connectivity index (χ4n) is 2.20. The minimum absolute atomic E-state index is 0.0679. The zero-order valence-electron chi connectivity index (χ0n) is 14.0. The van der Waals surface area contributed by atoms with Crippen molar-refractivity contribution in [3.63, 3.8) is 0 Å². The summed E-state index contributed by atoms with van der Waals surface area (Å²) in [6, 6.07) is 5.33. The molecule has 124 valence electrons. The molecule has 1 rings (SSSR count). The molecule has 2 atom stereocenters. The van der Waals surface area contributed by atoms with Crippen LogP contribution in [-0.2, 0) is 9.53 Å². The Bertz CT molecular complexity index is 473. The van der Waals surface area contributed by atoms with Crippen molar-refractivity contribution in [1.82, 2.24) is 0 Å². The van der Waals surface area contributed by atoms with Crippen molar-refractivity contribution in [2.45, 2.75) is 72.0 Å². The van der Waals surface area contributed by atoms with E-state index < -0.39 is 6.10 Å². The molecule has 1 aromatic rings. The number of aryl methyl sites for hydroxylation is 1. The van der Waals surface area contributed by atoms with Crippen LogP contribution in [0.2, 0.25) is 5.02 Å². The summed E-state index contributed by atoms with van der Waals surface area (Å²) < 4.78 is 11.1. The van der Waals surface area contributed by atoms with Gasteiger partial charge in [-0.05, 0) is 57.4 Å². The first-order chi connectivity index (χ1) is 10.4. The third kappa shape index (κ3) is 6.69. The van der Waals surface area contributed by atoms with E-state index in [1.54, 1.807) is 19.1 Å². The quantitative estimate of drug-likeness (QED) is 0.455. The largest absolute Gasteiger partial charge is 0.479 e. The fraction of sp³-hybridized carbons (Fsp3) is 0.611. The van der Waals surface area contributed by atoms with Crippen LogP contribution in [0.3, 0.4) is 0 Å². The number of carbonyl (C=O) groups excluding carboxylic acids is 1. The number of esters is 1. The van der Waals surface area contributed by atoms with Crippen molar-refractivity contribution in [2.75, 3.05) is 0 Å². The van der Waals surface area contributed by atoms with Crippen LogP contribution in [0.15, 0.2) is 18.2 Å². The Labute approximate surface area is 139 Å². The minimum Gasteiger partial charge on any atom is -0.479 e. The highest BCUT2D eigenvalue weighted by Gasteiger charge is 2.19. The Hall–Kier alpha value is -1.22. The van der Waals surface area contributed by atoms with Crippen LogP contribution in [0.5, 0.6) is 5.75 Å². The Kier molecular flexibility index (Phi) is 8.32. The van der Waals surface area contributed by atoms with Crippen LogP contribution in [0.1, 0.15) is 58.4 Å². The molecular formula is C18H27ClO3. The van der Waals surface area contributed by atoms with E-state index in [1.165, 1.54) is 19.3 Å². The number of hydrogen-bond acceptors (Lipinski definition) is 3. The Balaban J connectivity index is 2.41. The van der Waals surface area contributed by atoms with Gasteiger partial charge < -0.3 is 9.47 Å². The van der Waals surface area contributed by atoms with E-state index in [0.717, 1.165) is 18.4 Å². The van der Waals surface area contributed by atoms with Gasteiger partial charge in [0.1, 0.15) is 5.75 Å². The maximum atomic E-state index is 12.1.